The monoisotopic (exact) mass is 244 g/mol. The van der Waals surface area contributed by atoms with Crippen molar-refractivity contribution in [2.45, 2.75) is 43.4 Å². The number of hydrogen-bond acceptors (Lipinski definition) is 3. The maximum atomic E-state index is 11.4. The summed E-state index contributed by atoms with van der Waals surface area (Å²) in [6.45, 7) is 0.818. The Morgan fingerprint density at radius 1 is 1.38 bits per heavy atom. The quantitative estimate of drug-likeness (QED) is 0.799. The Morgan fingerprint density at radius 2 is 2.06 bits per heavy atom. The Bertz CT molecular complexity index is 221. The van der Waals surface area contributed by atoms with Gasteiger partial charge in [-0.3, -0.25) is 4.79 Å². The molecule has 0 heterocycles. The van der Waals surface area contributed by atoms with Gasteiger partial charge in [-0.25, -0.2) is 0 Å². The Kier molecular flexibility index (Phi) is 6.21. The van der Waals surface area contributed by atoms with E-state index in [2.05, 4.69) is 11.6 Å². The summed E-state index contributed by atoms with van der Waals surface area (Å²) in [4.78, 5) is 13.1. The van der Waals surface area contributed by atoms with Gasteiger partial charge in [0.15, 0.2) is 0 Å². The molecule has 1 saturated carbocycles. The van der Waals surface area contributed by atoms with Crippen LogP contribution in [0.1, 0.15) is 32.1 Å². The third-order valence-corrected chi connectivity index (χ3v) is 4.42. The molecule has 0 bridgehead atoms. The summed E-state index contributed by atoms with van der Waals surface area (Å²) in [6, 6.07) is 0.610. The van der Waals surface area contributed by atoms with Crippen LogP contribution in [0.15, 0.2) is 0 Å². The van der Waals surface area contributed by atoms with E-state index in [4.69, 9.17) is 0 Å². The van der Waals surface area contributed by atoms with Crippen molar-refractivity contribution in [3.05, 3.63) is 0 Å². The summed E-state index contributed by atoms with van der Waals surface area (Å²) in [6.07, 6.45) is 8.08. The standard InChI is InChI=1S/C12H24N2OS/c1-14(2)12(15)8-9-13-10-6-4-5-7-11(10)16-3/h10-11,13H,4-9H2,1-3H3. The van der Waals surface area contributed by atoms with Crippen molar-refractivity contribution in [3.63, 3.8) is 0 Å². The van der Waals surface area contributed by atoms with Gasteiger partial charge in [-0.15, -0.1) is 0 Å². The van der Waals surface area contributed by atoms with Crippen molar-refractivity contribution in [2.75, 3.05) is 26.9 Å². The number of hydrogen-bond donors (Lipinski definition) is 1. The van der Waals surface area contributed by atoms with Crippen molar-refractivity contribution in [3.8, 4) is 0 Å². The molecule has 4 heteroatoms. The fraction of sp³-hybridized carbons (Fsp3) is 0.917. The summed E-state index contributed by atoms with van der Waals surface area (Å²) in [7, 11) is 3.63. The lowest BCUT2D eigenvalue weighted by Crippen LogP contribution is -2.41. The SMILES string of the molecule is CSC1CCCCC1NCCC(=O)N(C)C. The van der Waals surface area contributed by atoms with Gasteiger partial charge in [0.2, 0.25) is 5.91 Å². The molecule has 94 valence electrons. The fourth-order valence-electron chi connectivity index (χ4n) is 2.20. The molecule has 2 unspecified atom stereocenters. The number of carbonyl (C=O) groups is 1. The molecule has 1 rings (SSSR count). The zero-order valence-electron chi connectivity index (χ0n) is 10.7. The Labute approximate surface area is 103 Å². The number of amides is 1. The highest BCUT2D eigenvalue weighted by Crippen LogP contribution is 2.26. The van der Waals surface area contributed by atoms with Gasteiger partial charge in [-0.05, 0) is 19.1 Å². The van der Waals surface area contributed by atoms with Crippen LogP contribution in [0.4, 0.5) is 0 Å². The van der Waals surface area contributed by atoms with Crippen molar-refractivity contribution in [2.24, 2.45) is 0 Å². The Morgan fingerprint density at radius 3 is 2.69 bits per heavy atom. The lowest BCUT2D eigenvalue weighted by Gasteiger charge is -2.31. The smallest absolute Gasteiger partial charge is 0.223 e. The molecule has 3 nitrogen and oxygen atoms in total. The molecule has 1 N–H and O–H groups in total. The first kappa shape index (κ1) is 13.8. The Hall–Kier alpha value is -0.220. The third-order valence-electron chi connectivity index (χ3n) is 3.25. The summed E-state index contributed by atoms with van der Waals surface area (Å²) in [5, 5.41) is 4.28. The van der Waals surface area contributed by atoms with Gasteiger partial charge in [-0.1, -0.05) is 12.8 Å². The van der Waals surface area contributed by atoms with Crippen LogP contribution >= 0.6 is 11.8 Å². The summed E-state index contributed by atoms with van der Waals surface area (Å²) in [5.41, 5.74) is 0. The second-order valence-electron chi connectivity index (χ2n) is 4.66. The third kappa shape index (κ3) is 4.34. The summed E-state index contributed by atoms with van der Waals surface area (Å²) >= 11 is 1.96. The van der Waals surface area contributed by atoms with E-state index in [0.717, 1.165) is 11.8 Å². The molecule has 0 spiro atoms. The highest BCUT2D eigenvalue weighted by molar-refractivity contribution is 7.99. The zero-order chi connectivity index (χ0) is 12.0. The fourth-order valence-corrected chi connectivity index (χ4v) is 3.16. The van der Waals surface area contributed by atoms with Crippen LogP contribution in [0.2, 0.25) is 0 Å². The predicted molar refractivity (Wildman–Crippen MR) is 70.9 cm³/mol. The number of rotatable bonds is 5. The van der Waals surface area contributed by atoms with Crippen molar-refractivity contribution >= 4 is 17.7 Å². The molecule has 1 aliphatic carbocycles. The molecule has 16 heavy (non-hydrogen) atoms. The van der Waals surface area contributed by atoms with Gasteiger partial charge in [-0.2, -0.15) is 11.8 Å². The minimum Gasteiger partial charge on any atom is -0.349 e. The summed E-state index contributed by atoms with van der Waals surface area (Å²) in [5.74, 6) is 0.212. The van der Waals surface area contributed by atoms with Crippen molar-refractivity contribution in [1.82, 2.24) is 10.2 Å². The molecular weight excluding hydrogens is 220 g/mol. The van der Waals surface area contributed by atoms with E-state index >= 15 is 0 Å². The lowest BCUT2D eigenvalue weighted by atomic mass is 9.95. The minimum atomic E-state index is 0.212. The van der Waals surface area contributed by atoms with Gasteiger partial charge in [0, 0.05) is 38.4 Å². The topological polar surface area (TPSA) is 32.3 Å². The average molecular weight is 244 g/mol. The number of thioether (sulfide) groups is 1. The van der Waals surface area contributed by atoms with Crippen molar-refractivity contribution < 1.29 is 4.79 Å². The second kappa shape index (κ2) is 7.17. The van der Waals surface area contributed by atoms with Crippen LogP contribution in [-0.2, 0) is 4.79 Å². The van der Waals surface area contributed by atoms with E-state index in [1.165, 1.54) is 25.7 Å². The largest absolute Gasteiger partial charge is 0.349 e. The van der Waals surface area contributed by atoms with Crippen LogP contribution in [-0.4, -0.2) is 49.0 Å². The van der Waals surface area contributed by atoms with Gasteiger partial charge >= 0.3 is 0 Å². The number of nitrogens with zero attached hydrogens (tertiary/aromatic N) is 1. The highest BCUT2D eigenvalue weighted by Gasteiger charge is 2.23. The first-order valence-corrected chi connectivity index (χ1v) is 7.40. The molecule has 0 saturated heterocycles. The average Bonchev–Trinajstić information content (AvgIpc) is 2.29. The maximum absolute atomic E-state index is 11.4. The molecule has 0 aromatic heterocycles. The van der Waals surface area contributed by atoms with Crippen LogP contribution in [0.3, 0.4) is 0 Å². The molecule has 0 aliphatic heterocycles. The van der Waals surface area contributed by atoms with E-state index in [-0.39, 0.29) is 5.91 Å². The maximum Gasteiger partial charge on any atom is 0.223 e. The second-order valence-corrected chi connectivity index (χ2v) is 5.73. The van der Waals surface area contributed by atoms with Crippen LogP contribution < -0.4 is 5.32 Å². The molecule has 1 aliphatic rings. The van der Waals surface area contributed by atoms with E-state index in [1.54, 1.807) is 4.90 Å². The van der Waals surface area contributed by atoms with Gasteiger partial charge in [0.25, 0.3) is 0 Å². The van der Waals surface area contributed by atoms with Gasteiger partial charge in [0.05, 0.1) is 0 Å². The van der Waals surface area contributed by atoms with E-state index in [0.29, 0.717) is 12.5 Å². The van der Waals surface area contributed by atoms with Crippen molar-refractivity contribution in [1.29, 1.82) is 0 Å². The number of carbonyl (C=O) groups excluding carboxylic acids is 1. The summed E-state index contributed by atoms with van der Waals surface area (Å²) < 4.78 is 0. The normalized spacial score (nSPS) is 25.4. The minimum absolute atomic E-state index is 0.212. The zero-order valence-corrected chi connectivity index (χ0v) is 11.5. The molecule has 1 fully saturated rings. The number of nitrogens with one attached hydrogen (secondary N) is 1. The van der Waals surface area contributed by atoms with Gasteiger partial charge in [0.1, 0.15) is 0 Å². The van der Waals surface area contributed by atoms with E-state index < -0.39 is 0 Å². The molecular formula is C12H24N2OS. The van der Waals surface area contributed by atoms with Crippen LogP contribution in [0, 0.1) is 0 Å². The highest BCUT2D eigenvalue weighted by atomic mass is 32.2. The molecule has 0 aromatic carbocycles. The lowest BCUT2D eigenvalue weighted by molar-refractivity contribution is -0.128. The van der Waals surface area contributed by atoms with Gasteiger partial charge < -0.3 is 10.2 Å². The van der Waals surface area contributed by atoms with E-state index in [1.807, 2.05) is 25.9 Å². The Balaban J connectivity index is 2.22. The predicted octanol–water partition coefficient (Wildman–Crippen LogP) is 1.73. The van der Waals surface area contributed by atoms with E-state index in [9.17, 15) is 4.79 Å². The molecule has 0 aromatic rings. The van der Waals surface area contributed by atoms with Crippen LogP contribution in [0.25, 0.3) is 0 Å². The van der Waals surface area contributed by atoms with Crippen LogP contribution in [0.5, 0.6) is 0 Å². The molecule has 1 amide bonds. The first-order valence-electron chi connectivity index (χ1n) is 6.11. The molecule has 0 radical (unpaired) electrons. The first-order chi connectivity index (χ1) is 7.65. The molecule has 2 atom stereocenters.